The van der Waals surface area contributed by atoms with Crippen LogP contribution in [0, 0.1) is 5.92 Å². The standard InChI is InChI=1S/C25H29BrN4O4/c1-32-22-13-20-21(27-16-28-25(20)29-19-5-3-4-18(26)12-19)14-23(22)34-11-8-17-6-9-30(10-7-17)15-24(31)33-2/h3-5,12-14,16-17H,6-11,15H2,1-2H3,(H,27,28,29). The van der Waals surface area contributed by atoms with E-state index in [1.165, 1.54) is 7.11 Å². The van der Waals surface area contributed by atoms with Crippen LogP contribution in [0.1, 0.15) is 19.3 Å². The summed E-state index contributed by atoms with van der Waals surface area (Å²) in [6, 6.07) is 11.7. The zero-order valence-corrected chi connectivity index (χ0v) is 21.0. The molecule has 0 atom stereocenters. The Bertz CT molecular complexity index is 1140. The van der Waals surface area contributed by atoms with Crippen molar-refractivity contribution in [2.45, 2.75) is 19.3 Å². The van der Waals surface area contributed by atoms with E-state index in [0.717, 1.165) is 53.4 Å². The lowest BCUT2D eigenvalue weighted by Gasteiger charge is -2.31. The molecule has 4 rings (SSSR count). The fourth-order valence-electron chi connectivity index (χ4n) is 4.15. The molecule has 0 spiro atoms. The number of fused-ring (bicyclic) bond motifs is 1. The Labute approximate surface area is 207 Å². The van der Waals surface area contributed by atoms with Crippen molar-refractivity contribution < 1.29 is 19.0 Å². The van der Waals surface area contributed by atoms with Gasteiger partial charge in [-0.25, -0.2) is 9.97 Å². The highest BCUT2D eigenvalue weighted by molar-refractivity contribution is 9.10. The third-order valence-corrected chi connectivity index (χ3v) is 6.57. The maximum Gasteiger partial charge on any atom is 0.319 e. The third-order valence-electron chi connectivity index (χ3n) is 6.08. The molecule has 0 bridgehead atoms. The highest BCUT2D eigenvalue weighted by atomic mass is 79.9. The summed E-state index contributed by atoms with van der Waals surface area (Å²) in [5.74, 6) is 2.41. The van der Waals surface area contributed by atoms with Gasteiger partial charge in [0.15, 0.2) is 11.5 Å². The Kier molecular flexibility index (Phi) is 8.18. The molecule has 1 aliphatic rings. The maximum absolute atomic E-state index is 11.5. The van der Waals surface area contributed by atoms with Gasteiger partial charge in [0, 0.05) is 21.6 Å². The van der Waals surface area contributed by atoms with Crippen LogP contribution in [0.5, 0.6) is 11.5 Å². The maximum atomic E-state index is 11.5. The summed E-state index contributed by atoms with van der Waals surface area (Å²) in [7, 11) is 3.06. The molecule has 1 aromatic heterocycles. The first kappa shape index (κ1) is 24.2. The molecular formula is C25H29BrN4O4. The van der Waals surface area contributed by atoms with Crippen molar-refractivity contribution in [2.24, 2.45) is 5.92 Å². The van der Waals surface area contributed by atoms with Gasteiger partial charge in [-0.05, 0) is 62.5 Å². The van der Waals surface area contributed by atoms with E-state index in [0.29, 0.717) is 36.4 Å². The third kappa shape index (κ3) is 6.15. The molecule has 34 heavy (non-hydrogen) atoms. The molecule has 8 nitrogen and oxygen atoms in total. The number of halogens is 1. The normalized spacial score (nSPS) is 14.7. The molecule has 2 aromatic carbocycles. The molecular weight excluding hydrogens is 500 g/mol. The molecule has 0 saturated carbocycles. The van der Waals surface area contributed by atoms with Gasteiger partial charge in [-0.2, -0.15) is 0 Å². The number of methoxy groups -OCH3 is 2. The number of carbonyl (C=O) groups is 1. The van der Waals surface area contributed by atoms with Gasteiger partial charge in [0.25, 0.3) is 0 Å². The molecule has 0 aliphatic carbocycles. The Hall–Kier alpha value is -2.91. The summed E-state index contributed by atoms with van der Waals surface area (Å²) in [6.45, 7) is 2.78. The molecule has 180 valence electrons. The van der Waals surface area contributed by atoms with E-state index in [4.69, 9.17) is 14.2 Å². The summed E-state index contributed by atoms with van der Waals surface area (Å²) >= 11 is 3.50. The minimum Gasteiger partial charge on any atom is -0.493 e. The molecule has 2 heterocycles. The predicted molar refractivity (Wildman–Crippen MR) is 135 cm³/mol. The van der Waals surface area contributed by atoms with Crippen molar-refractivity contribution in [3.8, 4) is 11.5 Å². The van der Waals surface area contributed by atoms with Crippen LogP contribution < -0.4 is 14.8 Å². The van der Waals surface area contributed by atoms with Gasteiger partial charge in [0.05, 0.1) is 32.9 Å². The quantitative estimate of drug-likeness (QED) is 0.396. The van der Waals surface area contributed by atoms with Crippen molar-refractivity contribution in [3.63, 3.8) is 0 Å². The Morgan fingerprint density at radius 2 is 1.97 bits per heavy atom. The molecule has 3 aromatic rings. The molecule has 9 heteroatoms. The number of esters is 1. The summed E-state index contributed by atoms with van der Waals surface area (Å²) in [6.07, 6.45) is 4.59. The van der Waals surface area contributed by atoms with Crippen LogP contribution in [0.3, 0.4) is 0 Å². The number of aromatic nitrogens is 2. The zero-order valence-electron chi connectivity index (χ0n) is 19.4. The van der Waals surface area contributed by atoms with E-state index in [2.05, 4.69) is 36.1 Å². The van der Waals surface area contributed by atoms with Crippen molar-refractivity contribution in [2.75, 3.05) is 45.8 Å². The van der Waals surface area contributed by atoms with E-state index < -0.39 is 0 Å². The van der Waals surface area contributed by atoms with Crippen LogP contribution in [0.4, 0.5) is 11.5 Å². The number of rotatable bonds is 9. The highest BCUT2D eigenvalue weighted by Crippen LogP contribution is 2.35. The van der Waals surface area contributed by atoms with Gasteiger partial charge < -0.3 is 19.5 Å². The van der Waals surface area contributed by atoms with Crippen molar-refractivity contribution >= 4 is 44.3 Å². The van der Waals surface area contributed by atoms with E-state index in [1.807, 2.05) is 36.4 Å². The molecule has 0 amide bonds. The summed E-state index contributed by atoms with van der Waals surface area (Å²) in [5.41, 5.74) is 1.70. The van der Waals surface area contributed by atoms with Gasteiger partial charge in [-0.1, -0.05) is 22.0 Å². The summed E-state index contributed by atoms with van der Waals surface area (Å²) < 4.78 is 17.5. The summed E-state index contributed by atoms with van der Waals surface area (Å²) in [5, 5.41) is 4.20. The Balaban J connectivity index is 1.39. The minimum atomic E-state index is -0.177. The first-order valence-corrected chi connectivity index (χ1v) is 12.1. The predicted octanol–water partition coefficient (Wildman–Crippen LogP) is 4.80. The second-order valence-corrected chi connectivity index (χ2v) is 9.23. The Morgan fingerprint density at radius 3 is 2.71 bits per heavy atom. The van der Waals surface area contributed by atoms with Crippen molar-refractivity contribution in [1.82, 2.24) is 14.9 Å². The number of nitrogens with one attached hydrogen (secondary N) is 1. The van der Waals surface area contributed by atoms with E-state index in [-0.39, 0.29) is 5.97 Å². The van der Waals surface area contributed by atoms with Gasteiger partial charge in [0.2, 0.25) is 0 Å². The van der Waals surface area contributed by atoms with Gasteiger partial charge in [-0.15, -0.1) is 0 Å². The topological polar surface area (TPSA) is 85.8 Å². The molecule has 0 unspecified atom stereocenters. The largest absolute Gasteiger partial charge is 0.493 e. The van der Waals surface area contributed by atoms with Crippen LogP contribution in [0.25, 0.3) is 10.9 Å². The monoisotopic (exact) mass is 528 g/mol. The number of hydrogen-bond acceptors (Lipinski definition) is 8. The number of carbonyl (C=O) groups excluding carboxylic acids is 1. The fraction of sp³-hybridized carbons (Fsp3) is 0.400. The second-order valence-electron chi connectivity index (χ2n) is 8.31. The zero-order chi connectivity index (χ0) is 23.9. The van der Waals surface area contributed by atoms with Crippen LogP contribution in [0.2, 0.25) is 0 Å². The lowest BCUT2D eigenvalue weighted by atomic mass is 9.94. The number of piperidine rings is 1. The lowest BCUT2D eigenvalue weighted by Crippen LogP contribution is -2.38. The highest BCUT2D eigenvalue weighted by Gasteiger charge is 2.21. The SMILES string of the molecule is COC(=O)CN1CCC(CCOc2cc3ncnc(Nc4cccc(Br)c4)c3cc2OC)CC1. The molecule has 0 radical (unpaired) electrons. The van der Waals surface area contributed by atoms with Gasteiger partial charge in [0.1, 0.15) is 12.1 Å². The Morgan fingerprint density at radius 1 is 1.15 bits per heavy atom. The number of nitrogens with zero attached hydrogens (tertiary/aromatic N) is 3. The smallest absolute Gasteiger partial charge is 0.319 e. The molecule has 1 fully saturated rings. The number of benzene rings is 2. The van der Waals surface area contributed by atoms with Crippen molar-refractivity contribution in [1.29, 1.82) is 0 Å². The average Bonchev–Trinajstić information content (AvgIpc) is 2.85. The first-order chi connectivity index (χ1) is 16.6. The fourth-order valence-corrected chi connectivity index (χ4v) is 4.55. The average molecular weight is 529 g/mol. The van der Waals surface area contributed by atoms with E-state index >= 15 is 0 Å². The van der Waals surface area contributed by atoms with Crippen LogP contribution in [-0.4, -0.2) is 61.3 Å². The molecule has 1 aliphatic heterocycles. The number of anilines is 2. The van der Waals surface area contributed by atoms with E-state index in [9.17, 15) is 4.79 Å². The van der Waals surface area contributed by atoms with Crippen LogP contribution >= 0.6 is 15.9 Å². The van der Waals surface area contributed by atoms with Gasteiger partial charge in [-0.3, -0.25) is 9.69 Å². The minimum absolute atomic E-state index is 0.177. The molecule has 1 N–H and O–H groups in total. The molecule has 1 saturated heterocycles. The summed E-state index contributed by atoms with van der Waals surface area (Å²) in [4.78, 5) is 22.5. The van der Waals surface area contributed by atoms with E-state index in [1.54, 1.807) is 13.4 Å². The van der Waals surface area contributed by atoms with Crippen LogP contribution in [0.15, 0.2) is 47.2 Å². The van der Waals surface area contributed by atoms with Crippen LogP contribution in [-0.2, 0) is 9.53 Å². The number of likely N-dealkylation sites (tertiary alicyclic amines) is 1. The van der Waals surface area contributed by atoms with Gasteiger partial charge >= 0.3 is 5.97 Å². The lowest BCUT2D eigenvalue weighted by molar-refractivity contribution is -0.142. The first-order valence-electron chi connectivity index (χ1n) is 11.3. The number of ether oxygens (including phenoxy) is 3. The van der Waals surface area contributed by atoms with Crippen molar-refractivity contribution in [3.05, 3.63) is 47.2 Å². The second kappa shape index (κ2) is 11.5. The number of hydrogen-bond donors (Lipinski definition) is 1.